The molecule has 0 aliphatic carbocycles. The van der Waals surface area contributed by atoms with Crippen LogP contribution in [0.4, 0.5) is 0 Å². The highest BCUT2D eigenvalue weighted by atomic mass is 32.2. The minimum absolute atomic E-state index is 0.0210. The van der Waals surface area contributed by atoms with E-state index < -0.39 is 60.1 Å². The van der Waals surface area contributed by atoms with Gasteiger partial charge in [0.25, 0.3) is 0 Å². The molecule has 1 saturated heterocycles. The molecule has 0 unspecified atom stereocenters. The predicted octanol–water partition coefficient (Wildman–Crippen LogP) is 16.9. The van der Waals surface area contributed by atoms with Crippen LogP contribution in [0.1, 0.15) is 213 Å². The average molecular weight is 1580 g/mol. The van der Waals surface area contributed by atoms with Gasteiger partial charge in [-0.1, -0.05) is 235 Å². The molecule has 0 bridgehead atoms. The van der Waals surface area contributed by atoms with Crippen molar-refractivity contribution in [2.75, 3.05) is 78.5 Å². The van der Waals surface area contributed by atoms with E-state index in [0.717, 1.165) is 162 Å². The Labute approximate surface area is 640 Å². The molecule has 6 aromatic carbocycles. The van der Waals surface area contributed by atoms with E-state index in [0.29, 0.717) is 25.7 Å². The van der Waals surface area contributed by atoms with Crippen molar-refractivity contribution in [3.8, 4) is 0 Å². The molecule has 1 aliphatic rings. The van der Waals surface area contributed by atoms with Crippen LogP contribution in [0.15, 0.2) is 175 Å². The molecule has 0 saturated carbocycles. The minimum atomic E-state index is -4.09. The summed E-state index contributed by atoms with van der Waals surface area (Å²) in [6.45, 7) is 12.9. The fraction of sp³-hybridized carbons (Fsp3) is 0.561. The van der Waals surface area contributed by atoms with E-state index in [1.807, 2.05) is 41.5 Å². The highest BCUT2D eigenvalue weighted by molar-refractivity contribution is 7.90. The van der Waals surface area contributed by atoms with Gasteiger partial charge in [-0.3, -0.25) is 0 Å². The number of aryl methyl sites for hydroxylation is 6. The Hall–Kier alpha value is -5.22. The molecule has 0 spiro atoms. The zero-order valence-electron chi connectivity index (χ0n) is 64.2. The maximum Gasteiger partial charge on any atom is 0.243 e. The lowest BCUT2D eigenvalue weighted by Gasteiger charge is -2.27. The van der Waals surface area contributed by atoms with E-state index >= 15 is 0 Å². The molecule has 1 fully saturated rings. The topological polar surface area (TPSA) is 224 Å². The average Bonchev–Trinajstić information content (AvgIpc) is 0.830. The van der Waals surface area contributed by atoms with E-state index in [2.05, 4.69) is 0 Å². The fourth-order valence-electron chi connectivity index (χ4n) is 13.7. The highest BCUT2D eigenvalue weighted by Crippen LogP contribution is 2.28. The summed E-state index contributed by atoms with van der Waals surface area (Å²) in [4.78, 5) is 0.951. The van der Waals surface area contributed by atoms with Gasteiger partial charge >= 0.3 is 0 Å². The Morgan fingerprint density at radius 2 is 0.245 bits per heavy atom. The predicted molar refractivity (Wildman–Crippen MR) is 429 cm³/mol. The van der Waals surface area contributed by atoms with Crippen molar-refractivity contribution in [1.29, 1.82) is 0 Å². The molecule has 6 aromatic rings. The third-order valence-corrected chi connectivity index (χ3v) is 31.8. The quantitative estimate of drug-likeness (QED) is 0.112. The monoisotopic (exact) mass is 1570 g/mol. The molecule has 0 N–H and O–H groups in total. The molecule has 1 aliphatic heterocycles. The number of hydrogen-bond donors (Lipinski definition) is 0. The Kier molecular flexibility index (Phi) is 36.5. The van der Waals surface area contributed by atoms with Gasteiger partial charge in [-0.2, -0.15) is 25.8 Å². The Morgan fingerprint density at radius 3 is 0.358 bits per heavy atom. The first kappa shape index (κ1) is 88.0. The van der Waals surface area contributed by atoms with Crippen LogP contribution < -0.4 is 0 Å². The SMILES string of the molecule is Cc1ccc(S(=O)(=O)N2CCCCCCCCCCCCCCN(S(=O)(=O)c3ccc(C)cc3)CCCN(S(=O)(=O)c3ccc(C)cc3)CCCN(S(=O)(=O)c3ccc(C)cc3)CCCCCCCCCCCCCCN(S(=O)(=O)c3ccc(C)cc3)CCCN(S(=O)(=O)c3ccc(C)cc3)CCC2)cc1. The van der Waals surface area contributed by atoms with Gasteiger partial charge in [0.2, 0.25) is 60.1 Å². The molecule has 7 rings (SSSR count). The van der Waals surface area contributed by atoms with E-state index in [9.17, 15) is 50.5 Å². The van der Waals surface area contributed by atoms with Crippen LogP contribution in [0.3, 0.4) is 0 Å². The molecular weight excluding hydrogens is 1450 g/mol. The molecule has 0 radical (unpaired) electrons. The second kappa shape index (κ2) is 44.0. The van der Waals surface area contributed by atoms with Gasteiger partial charge in [0.05, 0.1) is 29.4 Å². The zero-order valence-corrected chi connectivity index (χ0v) is 69.1. The largest absolute Gasteiger partial charge is 0.243 e. The second-order valence-corrected chi connectivity index (χ2v) is 40.8. The summed E-state index contributed by atoms with van der Waals surface area (Å²) >= 11 is 0. The first-order valence-corrected chi connectivity index (χ1v) is 47.7. The van der Waals surface area contributed by atoms with Gasteiger partial charge in [-0.15, -0.1) is 0 Å². The summed E-state index contributed by atoms with van der Waals surface area (Å²) in [5.41, 5.74) is 5.51. The van der Waals surface area contributed by atoms with Crippen molar-refractivity contribution in [2.45, 2.75) is 251 Å². The third-order valence-electron chi connectivity index (χ3n) is 20.3. The summed E-state index contributed by atoms with van der Waals surface area (Å²) < 4.78 is 183. The maximum absolute atomic E-state index is 14.6. The van der Waals surface area contributed by atoms with Crippen LogP contribution in [0.5, 0.6) is 0 Å². The minimum Gasteiger partial charge on any atom is -0.207 e. The first-order valence-electron chi connectivity index (χ1n) is 39.0. The van der Waals surface area contributed by atoms with Gasteiger partial charge in [0.15, 0.2) is 0 Å². The summed E-state index contributed by atoms with van der Waals surface area (Å²) in [6, 6.07) is 40.5. The summed E-state index contributed by atoms with van der Waals surface area (Å²) in [7, 11) is -24.0. The molecule has 18 nitrogen and oxygen atoms in total. The lowest BCUT2D eigenvalue weighted by Crippen LogP contribution is -2.39. The molecule has 1 heterocycles. The van der Waals surface area contributed by atoms with E-state index in [-0.39, 0.29) is 134 Å². The van der Waals surface area contributed by atoms with Gasteiger partial charge in [0, 0.05) is 78.5 Å². The molecule has 106 heavy (non-hydrogen) atoms. The van der Waals surface area contributed by atoms with Crippen LogP contribution in [0.25, 0.3) is 0 Å². The Balaban J connectivity index is 1.04. The standard InChI is InChI=1S/C82H122N6O12S6/c1-71-35-47-77(48-36-71)101(89,90)83-59-27-23-19-15-11-7-8-12-16-20-25-29-61-85(103(93,94)79-51-39-73(3)40-52-79)65-33-69-88(106(99,100)82-57-45-76(6)46-58-82)70-34-66-86(104(95,96)80-53-41-74(4)42-54-80)62-30-26-22-18-14-10-9-13-17-21-24-28-60-84(102(91,92)78-49-37-72(2)38-50-78)64-32-68-87(67-31-63-83)105(97,98)81-55-43-75(5)44-56-81/h35-58H,7-34,59-70H2,1-6H3. The van der Waals surface area contributed by atoms with Crippen LogP contribution in [-0.4, -0.2) is 155 Å². The van der Waals surface area contributed by atoms with Crippen LogP contribution in [0, 0.1) is 41.5 Å². The molecule has 24 heteroatoms. The smallest absolute Gasteiger partial charge is 0.207 e. The molecule has 0 atom stereocenters. The molecule has 0 aromatic heterocycles. The zero-order chi connectivity index (χ0) is 76.6. The van der Waals surface area contributed by atoms with Crippen molar-refractivity contribution >= 4 is 60.1 Å². The van der Waals surface area contributed by atoms with Gasteiger partial charge in [-0.25, -0.2) is 50.5 Å². The normalized spacial score (nSPS) is 19.1. The van der Waals surface area contributed by atoms with Crippen LogP contribution in [-0.2, 0) is 60.1 Å². The number of rotatable bonds is 12. The lowest BCUT2D eigenvalue weighted by molar-refractivity contribution is 0.332. The lowest BCUT2D eigenvalue weighted by atomic mass is 10.1. The fourth-order valence-corrected chi connectivity index (χ4v) is 22.8. The Bertz CT molecular complexity index is 3800. The number of hydrogen-bond acceptors (Lipinski definition) is 12. The molecule has 0 amide bonds. The molecule has 588 valence electrons. The maximum atomic E-state index is 14.6. The summed E-state index contributed by atoms with van der Waals surface area (Å²) in [6.07, 6.45) is 22.7. The number of nitrogens with zero attached hydrogens (tertiary/aromatic N) is 6. The highest BCUT2D eigenvalue weighted by Gasteiger charge is 2.32. The van der Waals surface area contributed by atoms with Crippen molar-refractivity contribution < 1.29 is 50.5 Å². The van der Waals surface area contributed by atoms with Crippen molar-refractivity contribution in [2.24, 2.45) is 0 Å². The molecular formula is C82H122N6O12S6. The van der Waals surface area contributed by atoms with Gasteiger partial charge < -0.3 is 0 Å². The number of benzene rings is 6. The van der Waals surface area contributed by atoms with Gasteiger partial charge in [0.1, 0.15) is 0 Å². The number of sulfonamides is 6. The second-order valence-electron chi connectivity index (χ2n) is 29.2. The van der Waals surface area contributed by atoms with E-state index in [1.54, 1.807) is 146 Å². The Morgan fingerprint density at radius 1 is 0.151 bits per heavy atom. The first-order chi connectivity index (χ1) is 50.6. The van der Waals surface area contributed by atoms with Gasteiger partial charge in [-0.05, 0) is 166 Å². The van der Waals surface area contributed by atoms with Crippen LogP contribution >= 0.6 is 0 Å². The van der Waals surface area contributed by atoms with Crippen LogP contribution in [0.2, 0.25) is 0 Å². The van der Waals surface area contributed by atoms with Crippen molar-refractivity contribution in [3.05, 3.63) is 179 Å². The summed E-state index contributed by atoms with van der Waals surface area (Å²) in [5.74, 6) is 0. The van der Waals surface area contributed by atoms with E-state index in [1.165, 1.54) is 25.8 Å². The van der Waals surface area contributed by atoms with Crippen molar-refractivity contribution in [3.63, 3.8) is 0 Å². The van der Waals surface area contributed by atoms with Crippen molar-refractivity contribution in [1.82, 2.24) is 25.8 Å². The third kappa shape index (κ3) is 27.7. The summed E-state index contributed by atoms with van der Waals surface area (Å²) in [5, 5.41) is 0. The van der Waals surface area contributed by atoms with E-state index in [4.69, 9.17) is 0 Å².